The van der Waals surface area contributed by atoms with Gasteiger partial charge >= 0.3 is 5.97 Å². The van der Waals surface area contributed by atoms with E-state index in [1.54, 1.807) is 31.2 Å². The summed E-state index contributed by atoms with van der Waals surface area (Å²) >= 11 is 5.90. The van der Waals surface area contributed by atoms with E-state index in [4.69, 9.17) is 25.8 Å². The first-order chi connectivity index (χ1) is 14.6. The molecule has 9 heteroatoms. The highest BCUT2D eigenvalue weighted by Crippen LogP contribution is 2.27. The monoisotopic (exact) mass is 450 g/mol. The molecule has 0 aliphatic rings. The van der Waals surface area contributed by atoms with E-state index in [2.05, 4.69) is 10.3 Å². The van der Waals surface area contributed by atoms with Crippen molar-refractivity contribution in [3.05, 3.63) is 47.2 Å². The zero-order valence-corrected chi connectivity index (χ0v) is 18.8. The number of carbonyl (C=O) groups is 2. The number of aromatic hydroxyl groups is 1. The first-order valence-corrected chi connectivity index (χ1v) is 10.2. The summed E-state index contributed by atoms with van der Waals surface area (Å²) in [7, 11) is 1.36. The lowest BCUT2D eigenvalue weighted by atomic mass is 10.0. The maximum Gasteiger partial charge on any atom is 0.328 e. The second-order valence-electron chi connectivity index (χ2n) is 7.33. The van der Waals surface area contributed by atoms with Crippen LogP contribution in [0.5, 0.6) is 17.2 Å². The fourth-order valence-electron chi connectivity index (χ4n) is 2.89. The SMILES string of the molecule is COc1ccnc(C(=O)N[C@@H](C)C(=O)O[C@@H](C)[C@H](Oc2ccc(Cl)cc2)C(C)C)c1O. The quantitative estimate of drug-likeness (QED) is 0.562. The van der Waals surface area contributed by atoms with Gasteiger partial charge in [0.05, 0.1) is 7.11 Å². The summed E-state index contributed by atoms with van der Waals surface area (Å²) in [6, 6.07) is 7.34. The Bertz CT molecular complexity index is 903. The number of halogens is 1. The molecular weight excluding hydrogens is 424 g/mol. The van der Waals surface area contributed by atoms with E-state index in [1.807, 2.05) is 13.8 Å². The Morgan fingerprint density at radius 3 is 2.32 bits per heavy atom. The van der Waals surface area contributed by atoms with Gasteiger partial charge in [-0.2, -0.15) is 0 Å². The number of esters is 1. The van der Waals surface area contributed by atoms with E-state index in [0.717, 1.165) is 0 Å². The fourth-order valence-corrected chi connectivity index (χ4v) is 3.01. The number of rotatable bonds is 9. The van der Waals surface area contributed by atoms with Gasteiger partial charge in [-0.25, -0.2) is 9.78 Å². The summed E-state index contributed by atoms with van der Waals surface area (Å²) in [5, 5.41) is 13.1. The van der Waals surface area contributed by atoms with Gasteiger partial charge in [-0.1, -0.05) is 25.4 Å². The van der Waals surface area contributed by atoms with Crippen molar-refractivity contribution in [1.29, 1.82) is 0 Å². The van der Waals surface area contributed by atoms with E-state index >= 15 is 0 Å². The molecule has 0 fully saturated rings. The van der Waals surface area contributed by atoms with Crippen LogP contribution in [0.1, 0.15) is 38.2 Å². The average molecular weight is 451 g/mol. The molecule has 0 radical (unpaired) electrons. The predicted molar refractivity (Wildman–Crippen MR) is 116 cm³/mol. The van der Waals surface area contributed by atoms with Crippen LogP contribution in [0.2, 0.25) is 5.02 Å². The van der Waals surface area contributed by atoms with Crippen molar-refractivity contribution >= 4 is 23.5 Å². The molecule has 1 amide bonds. The van der Waals surface area contributed by atoms with Crippen LogP contribution in [0, 0.1) is 5.92 Å². The van der Waals surface area contributed by atoms with Gasteiger partial charge in [0, 0.05) is 17.3 Å². The fraction of sp³-hybridized carbons (Fsp3) is 0.409. The molecule has 1 aromatic heterocycles. The molecule has 0 bridgehead atoms. The maximum atomic E-state index is 12.5. The number of benzene rings is 1. The number of pyridine rings is 1. The van der Waals surface area contributed by atoms with Crippen LogP contribution in [-0.4, -0.2) is 47.3 Å². The largest absolute Gasteiger partial charge is 0.503 e. The lowest BCUT2D eigenvalue weighted by Crippen LogP contribution is -2.44. The predicted octanol–water partition coefficient (Wildman–Crippen LogP) is 3.60. The Morgan fingerprint density at radius 2 is 1.74 bits per heavy atom. The molecule has 1 heterocycles. The highest BCUT2D eigenvalue weighted by Gasteiger charge is 2.29. The van der Waals surface area contributed by atoms with Gasteiger partial charge in [-0.05, 0) is 44.0 Å². The second kappa shape index (κ2) is 10.9. The lowest BCUT2D eigenvalue weighted by molar-refractivity contribution is -0.155. The number of hydrogen-bond donors (Lipinski definition) is 2. The first-order valence-electron chi connectivity index (χ1n) is 9.79. The number of amides is 1. The van der Waals surface area contributed by atoms with E-state index < -0.39 is 35.9 Å². The zero-order valence-electron chi connectivity index (χ0n) is 18.1. The molecule has 0 saturated heterocycles. The van der Waals surface area contributed by atoms with Gasteiger partial charge in [0.2, 0.25) is 0 Å². The highest BCUT2D eigenvalue weighted by molar-refractivity contribution is 6.30. The minimum Gasteiger partial charge on any atom is -0.503 e. The van der Waals surface area contributed by atoms with E-state index in [0.29, 0.717) is 10.8 Å². The Labute approximate surface area is 186 Å². The Hall–Kier alpha value is -3.00. The van der Waals surface area contributed by atoms with E-state index in [9.17, 15) is 14.7 Å². The summed E-state index contributed by atoms with van der Waals surface area (Å²) in [6.45, 7) is 7.11. The molecule has 2 rings (SSSR count). The van der Waals surface area contributed by atoms with Crippen LogP contribution in [0.4, 0.5) is 0 Å². The van der Waals surface area contributed by atoms with Crippen LogP contribution in [0.3, 0.4) is 0 Å². The third-order valence-electron chi connectivity index (χ3n) is 4.53. The summed E-state index contributed by atoms with van der Waals surface area (Å²) in [5.41, 5.74) is -0.252. The van der Waals surface area contributed by atoms with Crippen molar-refractivity contribution in [3.63, 3.8) is 0 Å². The molecule has 0 aliphatic carbocycles. The molecular formula is C22H27ClN2O6. The summed E-state index contributed by atoms with van der Waals surface area (Å²) in [5.74, 6) is -1.04. The van der Waals surface area contributed by atoms with Crippen molar-refractivity contribution in [1.82, 2.24) is 10.3 Å². The van der Waals surface area contributed by atoms with Gasteiger partial charge < -0.3 is 24.6 Å². The minimum atomic E-state index is -0.981. The third kappa shape index (κ3) is 6.49. The summed E-state index contributed by atoms with van der Waals surface area (Å²) in [6.07, 6.45) is 0.308. The number of hydrogen-bond acceptors (Lipinski definition) is 7. The summed E-state index contributed by atoms with van der Waals surface area (Å²) < 4.78 is 16.5. The van der Waals surface area contributed by atoms with Gasteiger partial charge in [-0.15, -0.1) is 0 Å². The normalized spacial score (nSPS) is 13.8. The minimum absolute atomic E-state index is 0.0429. The van der Waals surface area contributed by atoms with Crippen molar-refractivity contribution < 1.29 is 28.9 Å². The van der Waals surface area contributed by atoms with Gasteiger partial charge in [0.15, 0.2) is 17.2 Å². The Morgan fingerprint density at radius 1 is 1.10 bits per heavy atom. The lowest BCUT2D eigenvalue weighted by Gasteiger charge is -2.29. The average Bonchev–Trinajstić information content (AvgIpc) is 2.72. The first kappa shape index (κ1) is 24.3. The summed E-state index contributed by atoms with van der Waals surface area (Å²) in [4.78, 5) is 28.8. The number of carbonyl (C=O) groups excluding carboxylic acids is 2. The van der Waals surface area contributed by atoms with Crippen LogP contribution >= 0.6 is 11.6 Å². The van der Waals surface area contributed by atoms with Crippen LogP contribution in [0.25, 0.3) is 0 Å². The van der Waals surface area contributed by atoms with Gasteiger partial charge in [0.1, 0.15) is 24.0 Å². The molecule has 31 heavy (non-hydrogen) atoms. The van der Waals surface area contributed by atoms with Crippen LogP contribution in [0.15, 0.2) is 36.5 Å². The molecule has 0 saturated carbocycles. The number of ether oxygens (including phenoxy) is 3. The van der Waals surface area contributed by atoms with Crippen LogP contribution in [-0.2, 0) is 9.53 Å². The zero-order chi connectivity index (χ0) is 23.1. The standard InChI is InChI=1S/C22H27ClN2O6/c1-12(2)20(31-16-8-6-15(23)7-9-16)14(4)30-22(28)13(3)25-21(27)18-19(26)17(29-5)10-11-24-18/h6-14,20,26H,1-5H3,(H,25,27)/t13-,14-,20+/m0/s1. The van der Waals surface area contributed by atoms with Gasteiger partial charge in [-0.3, -0.25) is 4.79 Å². The smallest absolute Gasteiger partial charge is 0.328 e. The number of methoxy groups -OCH3 is 1. The molecule has 168 valence electrons. The van der Waals surface area contributed by atoms with Crippen molar-refractivity contribution in [2.75, 3.05) is 7.11 Å². The molecule has 0 unspecified atom stereocenters. The van der Waals surface area contributed by atoms with Crippen molar-refractivity contribution in [2.24, 2.45) is 5.92 Å². The van der Waals surface area contributed by atoms with Crippen LogP contribution < -0.4 is 14.8 Å². The molecule has 0 aliphatic heterocycles. The highest BCUT2D eigenvalue weighted by atomic mass is 35.5. The molecule has 3 atom stereocenters. The topological polar surface area (TPSA) is 107 Å². The molecule has 2 N–H and O–H groups in total. The van der Waals surface area contributed by atoms with E-state index in [1.165, 1.54) is 26.3 Å². The number of aromatic nitrogens is 1. The third-order valence-corrected chi connectivity index (χ3v) is 4.78. The van der Waals surface area contributed by atoms with Crippen molar-refractivity contribution in [2.45, 2.75) is 45.9 Å². The maximum absolute atomic E-state index is 12.5. The second-order valence-corrected chi connectivity index (χ2v) is 7.76. The van der Waals surface area contributed by atoms with Crippen molar-refractivity contribution in [3.8, 4) is 17.2 Å². The Kier molecular flexibility index (Phi) is 8.50. The molecule has 2 aromatic rings. The molecule has 0 spiro atoms. The molecule has 8 nitrogen and oxygen atoms in total. The Balaban J connectivity index is 2.01. The number of nitrogens with zero attached hydrogens (tertiary/aromatic N) is 1. The van der Waals surface area contributed by atoms with Gasteiger partial charge in [0.25, 0.3) is 5.91 Å². The number of nitrogens with one attached hydrogen (secondary N) is 1. The van der Waals surface area contributed by atoms with E-state index in [-0.39, 0.29) is 17.4 Å². The molecule has 1 aromatic carbocycles.